The van der Waals surface area contributed by atoms with Crippen molar-refractivity contribution in [3.8, 4) is 0 Å². The zero-order chi connectivity index (χ0) is 32.1. The highest BCUT2D eigenvalue weighted by Crippen LogP contribution is 2.34. The van der Waals surface area contributed by atoms with E-state index in [1.807, 2.05) is 0 Å². The van der Waals surface area contributed by atoms with Gasteiger partial charge in [0.05, 0.1) is 35.5 Å². The molecule has 2 amide bonds. The van der Waals surface area contributed by atoms with Gasteiger partial charge in [0.15, 0.2) is 0 Å². The summed E-state index contributed by atoms with van der Waals surface area (Å²) in [5, 5.41) is 16.9. The number of nitro benzene ring substituents is 1. The van der Waals surface area contributed by atoms with Crippen LogP contribution in [0.1, 0.15) is 39.5 Å². The summed E-state index contributed by atoms with van der Waals surface area (Å²) in [6.45, 7) is 2.36. The lowest BCUT2D eigenvalue weighted by Gasteiger charge is -2.31. The zero-order valence-electron chi connectivity index (χ0n) is 24.0. The summed E-state index contributed by atoms with van der Waals surface area (Å²) >= 11 is 0. The molecule has 1 atom stereocenters. The van der Waals surface area contributed by atoms with Gasteiger partial charge >= 0.3 is 6.18 Å². The molecule has 2 aliphatic rings. The molecule has 0 saturated carbocycles. The van der Waals surface area contributed by atoms with E-state index in [2.05, 4.69) is 10.0 Å². The van der Waals surface area contributed by atoms with Gasteiger partial charge in [-0.1, -0.05) is 12.1 Å². The number of rotatable bonds is 9. The fraction of sp³-hybridized carbons (Fsp3) is 0.323. The van der Waals surface area contributed by atoms with E-state index in [9.17, 15) is 37.3 Å². The van der Waals surface area contributed by atoms with Crippen molar-refractivity contribution in [1.82, 2.24) is 14.8 Å². The van der Waals surface area contributed by atoms with Crippen LogP contribution in [-0.4, -0.2) is 83.2 Å². The molecule has 3 aromatic carbocycles. The molecule has 1 fully saturated rings. The highest BCUT2D eigenvalue weighted by Gasteiger charge is 2.35. The second-order valence-corrected chi connectivity index (χ2v) is 10.6. The second-order valence-electron chi connectivity index (χ2n) is 10.6. The Hall–Kier alpha value is -4.69. The first-order valence-electron chi connectivity index (χ1n) is 14.2. The fourth-order valence-electron chi connectivity index (χ4n) is 5.19. The molecule has 45 heavy (non-hydrogen) atoms. The minimum Gasteiger partial charge on any atom is -0.379 e. The molecule has 2 aliphatic heterocycles. The van der Waals surface area contributed by atoms with Crippen molar-refractivity contribution in [1.29, 1.82) is 0 Å². The lowest BCUT2D eigenvalue weighted by atomic mass is 9.98. The van der Waals surface area contributed by atoms with E-state index in [0.717, 1.165) is 24.3 Å². The first-order valence-corrected chi connectivity index (χ1v) is 14.2. The van der Waals surface area contributed by atoms with Crippen molar-refractivity contribution < 1.29 is 36.8 Å². The van der Waals surface area contributed by atoms with Crippen LogP contribution in [0.25, 0.3) is 0 Å². The summed E-state index contributed by atoms with van der Waals surface area (Å²) < 4.78 is 58.5. The molecule has 10 nitrogen and oxygen atoms in total. The maximum atomic E-state index is 13.9. The number of amides is 2. The quantitative estimate of drug-likeness (QED) is 0.190. The molecule has 3 aromatic rings. The predicted octanol–water partition coefficient (Wildman–Crippen LogP) is 4.91. The molecule has 2 heterocycles. The van der Waals surface area contributed by atoms with Gasteiger partial charge in [0.25, 0.3) is 17.5 Å². The SMILES string of the molecule is O=C(c1ccc(C(F)(F)F)cc1)N(CCN1CCOCC1)CC(=O)N1N=C(c2ccc([N+](=O)[O-])cc2)C[C@H]1c1ccc(F)cc1. The topological polar surface area (TPSA) is 109 Å². The van der Waals surface area contributed by atoms with Crippen LogP contribution in [0.2, 0.25) is 0 Å². The van der Waals surface area contributed by atoms with Gasteiger partial charge in [-0.05, 0) is 59.7 Å². The predicted molar refractivity (Wildman–Crippen MR) is 155 cm³/mol. The van der Waals surface area contributed by atoms with Crippen molar-refractivity contribution in [2.75, 3.05) is 45.9 Å². The van der Waals surface area contributed by atoms with E-state index in [1.54, 1.807) is 0 Å². The standard InChI is InChI=1S/C31H29F4N5O5/c32-25-9-3-22(4-10-25)28-19-27(21-5-11-26(12-6-21)40(43)44)36-39(28)29(41)20-38(14-13-37-15-17-45-18-16-37)30(42)23-1-7-24(8-2-23)31(33,34)35/h1-12,28H,13-20H2/t28-/m0/s1. The first-order chi connectivity index (χ1) is 21.5. The maximum absolute atomic E-state index is 13.9. The van der Waals surface area contributed by atoms with E-state index in [-0.39, 0.29) is 24.2 Å². The van der Waals surface area contributed by atoms with E-state index in [4.69, 9.17) is 4.74 Å². The molecule has 0 bridgehead atoms. The van der Waals surface area contributed by atoms with Gasteiger partial charge < -0.3 is 9.64 Å². The van der Waals surface area contributed by atoms with Crippen LogP contribution in [0.5, 0.6) is 0 Å². The molecule has 0 aliphatic carbocycles. The number of non-ortho nitro benzene ring substituents is 1. The monoisotopic (exact) mass is 627 g/mol. The van der Waals surface area contributed by atoms with Crippen molar-refractivity contribution in [3.05, 3.63) is 111 Å². The van der Waals surface area contributed by atoms with Gasteiger partial charge in [-0.25, -0.2) is 9.40 Å². The van der Waals surface area contributed by atoms with Crippen LogP contribution in [0.3, 0.4) is 0 Å². The number of ether oxygens (including phenoxy) is 1. The van der Waals surface area contributed by atoms with Crippen molar-refractivity contribution >= 4 is 23.2 Å². The average molecular weight is 628 g/mol. The molecular weight excluding hydrogens is 598 g/mol. The molecule has 0 aromatic heterocycles. The molecular formula is C31H29F4N5O5. The number of hydrogen-bond acceptors (Lipinski definition) is 7. The lowest BCUT2D eigenvalue weighted by molar-refractivity contribution is -0.384. The fourth-order valence-corrected chi connectivity index (χ4v) is 5.19. The molecule has 236 valence electrons. The highest BCUT2D eigenvalue weighted by molar-refractivity contribution is 6.04. The Morgan fingerprint density at radius 2 is 1.62 bits per heavy atom. The van der Waals surface area contributed by atoms with Crippen molar-refractivity contribution in [2.24, 2.45) is 5.10 Å². The molecule has 1 saturated heterocycles. The van der Waals surface area contributed by atoms with Gasteiger partial charge in [-0.2, -0.15) is 18.3 Å². The number of nitrogens with zero attached hydrogens (tertiary/aromatic N) is 5. The van der Waals surface area contributed by atoms with Crippen LogP contribution in [0.4, 0.5) is 23.2 Å². The van der Waals surface area contributed by atoms with E-state index in [1.165, 1.54) is 58.4 Å². The molecule has 0 unspecified atom stereocenters. The Bertz CT molecular complexity index is 1560. The first kappa shape index (κ1) is 31.7. The van der Waals surface area contributed by atoms with Gasteiger partial charge in [-0.15, -0.1) is 0 Å². The number of halogens is 4. The summed E-state index contributed by atoms with van der Waals surface area (Å²) in [6, 6.07) is 14.4. The highest BCUT2D eigenvalue weighted by atomic mass is 19.4. The third-order valence-electron chi connectivity index (χ3n) is 7.69. The van der Waals surface area contributed by atoms with Gasteiger partial charge in [0.2, 0.25) is 0 Å². The zero-order valence-corrected chi connectivity index (χ0v) is 24.0. The molecule has 0 spiro atoms. The molecule has 5 rings (SSSR count). The van der Waals surface area contributed by atoms with E-state index in [0.29, 0.717) is 49.7 Å². The van der Waals surface area contributed by atoms with Crippen LogP contribution in [0, 0.1) is 15.9 Å². The third-order valence-corrected chi connectivity index (χ3v) is 7.69. The number of hydrogen-bond donors (Lipinski definition) is 0. The number of hydrazone groups is 1. The number of carbonyl (C=O) groups is 2. The molecule has 14 heteroatoms. The van der Waals surface area contributed by atoms with Crippen molar-refractivity contribution in [3.63, 3.8) is 0 Å². The number of alkyl halides is 3. The van der Waals surface area contributed by atoms with Crippen LogP contribution in [0.15, 0.2) is 77.9 Å². The number of carbonyl (C=O) groups excluding carboxylic acids is 2. The summed E-state index contributed by atoms with van der Waals surface area (Å²) in [7, 11) is 0. The minimum atomic E-state index is -4.57. The Morgan fingerprint density at radius 1 is 0.978 bits per heavy atom. The van der Waals surface area contributed by atoms with Gasteiger partial charge in [0, 0.05) is 50.3 Å². The van der Waals surface area contributed by atoms with Gasteiger partial charge in [-0.3, -0.25) is 24.6 Å². The Kier molecular flexibility index (Phi) is 9.54. The maximum Gasteiger partial charge on any atom is 0.416 e. The van der Waals surface area contributed by atoms with Crippen LogP contribution >= 0.6 is 0 Å². The van der Waals surface area contributed by atoms with E-state index < -0.39 is 46.9 Å². The third kappa shape index (κ3) is 7.70. The Balaban J connectivity index is 1.42. The Labute approximate surface area is 255 Å². The molecule has 0 radical (unpaired) electrons. The normalized spacial score (nSPS) is 17.2. The minimum absolute atomic E-state index is 0.00986. The number of morpholine rings is 1. The average Bonchev–Trinajstić information content (AvgIpc) is 3.49. The second kappa shape index (κ2) is 13.5. The lowest BCUT2D eigenvalue weighted by Crippen LogP contribution is -2.46. The Morgan fingerprint density at radius 3 is 2.22 bits per heavy atom. The van der Waals surface area contributed by atoms with Crippen LogP contribution < -0.4 is 0 Å². The smallest absolute Gasteiger partial charge is 0.379 e. The van der Waals surface area contributed by atoms with Crippen LogP contribution in [-0.2, 0) is 15.7 Å². The van der Waals surface area contributed by atoms with Gasteiger partial charge in [0.1, 0.15) is 12.4 Å². The largest absolute Gasteiger partial charge is 0.416 e. The summed E-state index contributed by atoms with van der Waals surface area (Å²) in [5.74, 6) is -1.66. The molecule has 0 N–H and O–H groups in total. The number of benzene rings is 3. The summed E-state index contributed by atoms with van der Waals surface area (Å²) in [4.78, 5) is 41.4. The summed E-state index contributed by atoms with van der Waals surface area (Å²) in [5.41, 5.74) is 0.568. The van der Waals surface area contributed by atoms with E-state index >= 15 is 0 Å². The van der Waals surface area contributed by atoms with Crippen molar-refractivity contribution in [2.45, 2.75) is 18.6 Å². The summed E-state index contributed by atoms with van der Waals surface area (Å²) in [6.07, 6.45) is -4.35. The number of nitro groups is 1.